The molecule has 52 valence electrons. The van der Waals surface area contributed by atoms with Crippen LogP contribution < -0.4 is 0 Å². The molecule has 2 fully saturated rings. The number of thioether (sulfide) groups is 1. The topological polar surface area (TPSA) is 49.7 Å². The first-order valence-electron chi connectivity index (χ1n) is 2.92. The maximum Gasteiger partial charge on any atom is 0.169 e. The lowest BCUT2D eigenvalue weighted by Crippen LogP contribution is -2.23. The van der Waals surface area contributed by atoms with Gasteiger partial charge >= 0.3 is 0 Å². The Hall–Kier alpha value is 0.230. The lowest BCUT2D eigenvalue weighted by molar-refractivity contribution is -0.0896. The van der Waals surface area contributed by atoms with Gasteiger partial charge in [0.2, 0.25) is 0 Å². The lowest BCUT2D eigenvalue weighted by Gasteiger charge is -2.14. The van der Waals surface area contributed by atoms with E-state index < -0.39 is 12.4 Å². The molecule has 0 radical (unpaired) electrons. The van der Waals surface area contributed by atoms with E-state index in [1.54, 1.807) is 11.8 Å². The number of aliphatic hydroxyl groups is 2. The van der Waals surface area contributed by atoms with Crippen LogP contribution in [0.4, 0.5) is 0 Å². The molecule has 3 unspecified atom stereocenters. The number of aliphatic hydroxyl groups excluding tert-OH is 2. The minimum Gasteiger partial charge on any atom is -0.389 e. The van der Waals surface area contributed by atoms with E-state index in [-0.39, 0.29) is 11.4 Å². The van der Waals surface area contributed by atoms with Crippen molar-refractivity contribution < 1.29 is 14.9 Å². The van der Waals surface area contributed by atoms with Crippen LogP contribution >= 0.6 is 11.8 Å². The number of hydrogen-bond donors (Lipinski definition) is 2. The van der Waals surface area contributed by atoms with Crippen LogP contribution in [0.25, 0.3) is 0 Å². The summed E-state index contributed by atoms with van der Waals surface area (Å²) in [6, 6.07) is 0. The maximum absolute atomic E-state index is 9.19. The van der Waals surface area contributed by atoms with E-state index in [1.165, 1.54) is 0 Å². The first-order chi connectivity index (χ1) is 4.29. The van der Waals surface area contributed by atoms with Crippen LogP contribution in [0.3, 0.4) is 0 Å². The molecule has 0 aromatic rings. The molecule has 2 N–H and O–H groups in total. The molecule has 2 heterocycles. The largest absolute Gasteiger partial charge is 0.389 e. The fraction of sp³-hybridized carbons (Fsp3) is 1.00. The molecule has 0 spiro atoms. The SMILES string of the molecule is OC1OC2CS[C@@H]1C2O. The van der Waals surface area contributed by atoms with Gasteiger partial charge in [-0.25, -0.2) is 0 Å². The minimum absolute atomic E-state index is 0.0880. The van der Waals surface area contributed by atoms with Crippen LogP contribution in [0.15, 0.2) is 0 Å². The molecule has 2 aliphatic rings. The quantitative estimate of drug-likeness (QED) is 0.471. The van der Waals surface area contributed by atoms with Crippen LogP contribution in [0.1, 0.15) is 0 Å². The lowest BCUT2D eigenvalue weighted by atomic mass is 10.2. The van der Waals surface area contributed by atoms with E-state index in [4.69, 9.17) is 9.84 Å². The smallest absolute Gasteiger partial charge is 0.169 e. The first kappa shape index (κ1) is 5.97. The zero-order valence-electron chi connectivity index (χ0n) is 4.73. The van der Waals surface area contributed by atoms with Gasteiger partial charge in [-0.15, -0.1) is 11.8 Å². The highest BCUT2D eigenvalue weighted by molar-refractivity contribution is 8.00. The third-order valence-corrected chi connectivity index (χ3v) is 3.18. The molecule has 0 aromatic heterocycles. The molecular formula is C5H8O3S. The predicted octanol–water partition coefficient (Wildman–Crippen LogP) is -0.820. The predicted molar refractivity (Wildman–Crippen MR) is 33.1 cm³/mol. The van der Waals surface area contributed by atoms with Gasteiger partial charge in [0, 0.05) is 5.75 Å². The average molecular weight is 148 g/mol. The van der Waals surface area contributed by atoms with Gasteiger partial charge < -0.3 is 14.9 Å². The molecule has 4 heteroatoms. The Bertz CT molecular complexity index is 129. The molecule has 2 bridgehead atoms. The average Bonchev–Trinajstić information content (AvgIpc) is 2.25. The second-order valence-corrected chi connectivity index (χ2v) is 3.56. The van der Waals surface area contributed by atoms with Crippen molar-refractivity contribution in [2.45, 2.75) is 23.7 Å². The van der Waals surface area contributed by atoms with E-state index in [0.29, 0.717) is 0 Å². The zero-order chi connectivity index (χ0) is 6.43. The van der Waals surface area contributed by atoms with Crippen molar-refractivity contribution in [3.63, 3.8) is 0 Å². The number of hydrogen-bond acceptors (Lipinski definition) is 4. The van der Waals surface area contributed by atoms with Gasteiger partial charge in [-0.3, -0.25) is 0 Å². The van der Waals surface area contributed by atoms with Crippen LogP contribution in [0.5, 0.6) is 0 Å². The summed E-state index contributed by atoms with van der Waals surface area (Å²) in [6.45, 7) is 0. The number of fused-ring (bicyclic) bond motifs is 2. The minimum atomic E-state index is -0.733. The van der Waals surface area contributed by atoms with Gasteiger partial charge in [-0.1, -0.05) is 0 Å². The van der Waals surface area contributed by atoms with Crippen molar-refractivity contribution in [1.82, 2.24) is 0 Å². The van der Waals surface area contributed by atoms with Crippen molar-refractivity contribution in [2.24, 2.45) is 0 Å². The highest BCUT2D eigenvalue weighted by atomic mass is 32.2. The Morgan fingerprint density at radius 3 is 2.44 bits per heavy atom. The first-order valence-corrected chi connectivity index (χ1v) is 3.97. The monoisotopic (exact) mass is 148 g/mol. The van der Waals surface area contributed by atoms with Crippen LogP contribution in [-0.2, 0) is 4.74 Å². The van der Waals surface area contributed by atoms with E-state index in [1.807, 2.05) is 0 Å². The molecule has 0 amide bonds. The summed E-state index contributed by atoms with van der Waals surface area (Å²) in [5, 5.41) is 18.1. The van der Waals surface area contributed by atoms with E-state index >= 15 is 0 Å². The van der Waals surface area contributed by atoms with Crippen molar-refractivity contribution in [2.75, 3.05) is 5.75 Å². The zero-order valence-corrected chi connectivity index (χ0v) is 5.54. The fourth-order valence-corrected chi connectivity index (χ4v) is 2.53. The summed E-state index contributed by atoms with van der Waals surface area (Å²) < 4.78 is 4.96. The normalized spacial score (nSPS) is 56.7. The third-order valence-electron chi connectivity index (χ3n) is 1.77. The molecule has 2 rings (SSSR count). The van der Waals surface area contributed by atoms with E-state index in [0.717, 1.165) is 5.75 Å². The van der Waals surface area contributed by atoms with Crippen LogP contribution in [-0.4, -0.2) is 39.7 Å². The van der Waals surface area contributed by atoms with Crippen molar-refractivity contribution in [1.29, 1.82) is 0 Å². The third kappa shape index (κ3) is 0.709. The number of ether oxygens (including phenoxy) is 1. The molecule has 0 aromatic carbocycles. The van der Waals surface area contributed by atoms with Gasteiger partial charge in [0.05, 0.1) is 17.5 Å². The fourth-order valence-electron chi connectivity index (χ4n) is 1.24. The van der Waals surface area contributed by atoms with E-state index in [2.05, 4.69) is 0 Å². The standard InChI is InChI=1S/C5H8O3S/c6-3-2-1-9-4(3)5(7)8-2/h2-7H,1H2/t2?,3?,4-,5?/m1/s1. The van der Waals surface area contributed by atoms with Crippen LogP contribution in [0.2, 0.25) is 0 Å². The second kappa shape index (κ2) is 1.85. The highest BCUT2D eigenvalue weighted by Gasteiger charge is 2.48. The Morgan fingerprint density at radius 1 is 1.44 bits per heavy atom. The van der Waals surface area contributed by atoms with E-state index in [9.17, 15) is 5.11 Å². The van der Waals surface area contributed by atoms with Crippen LogP contribution in [0, 0.1) is 0 Å². The van der Waals surface area contributed by atoms with Crippen molar-refractivity contribution >= 4 is 11.8 Å². The van der Waals surface area contributed by atoms with Crippen molar-refractivity contribution in [3.8, 4) is 0 Å². The maximum atomic E-state index is 9.19. The molecule has 3 nitrogen and oxygen atoms in total. The molecule has 0 aliphatic carbocycles. The Balaban J connectivity index is 2.16. The summed E-state index contributed by atoms with van der Waals surface area (Å²) >= 11 is 1.58. The van der Waals surface area contributed by atoms with Gasteiger partial charge in [0.25, 0.3) is 0 Å². The Labute approximate surface area is 57.0 Å². The Kier molecular flexibility index (Phi) is 1.23. The highest BCUT2D eigenvalue weighted by Crippen LogP contribution is 2.38. The summed E-state index contributed by atoms with van der Waals surface area (Å²) in [4.78, 5) is 0. The molecular weight excluding hydrogens is 140 g/mol. The molecule has 2 aliphatic heterocycles. The Morgan fingerprint density at radius 2 is 2.22 bits per heavy atom. The van der Waals surface area contributed by atoms with Gasteiger partial charge in [-0.05, 0) is 0 Å². The summed E-state index contributed by atoms with van der Waals surface area (Å²) in [5.41, 5.74) is 0. The molecule has 4 atom stereocenters. The summed E-state index contributed by atoms with van der Waals surface area (Å²) in [7, 11) is 0. The molecule has 9 heavy (non-hydrogen) atoms. The summed E-state index contributed by atoms with van der Waals surface area (Å²) in [5.74, 6) is 0.822. The van der Waals surface area contributed by atoms with Gasteiger partial charge in [-0.2, -0.15) is 0 Å². The van der Waals surface area contributed by atoms with Gasteiger partial charge in [0.15, 0.2) is 6.29 Å². The molecule has 0 saturated carbocycles. The number of rotatable bonds is 0. The van der Waals surface area contributed by atoms with Gasteiger partial charge in [0.1, 0.15) is 0 Å². The summed E-state index contributed by atoms with van der Waals surface area (Å²) in [6.07, 6.45) is -1.29. The second-order valence-electron chi connectivity index (χ2n) is 2.35. The molecule has 2 saturated heterocycles. The van der Waals surface area contributed by atoms with Crippen molar-refractivity contribution in [3.05, 3.63) is 0 Å².